The number of thioether (sulfide) groups is 1. The average molecular weight is 278 g/mol. The van der Waals surface area contributed by atoms with E-state index in [9.17, 15) is 9.59 Å². The highest BCUT2D eigenvalue weighted by molar-refractivity contribution is 7.98. The fourth-order valence-electron chi connectivity index (χ4n) is 1.16. The number of rotatable bonds is 6. The van der Waals surface area contributed by atoms with Crippen LogP contribution in [0.15, 0.2) is 16.5 Å². The van der Waals surface area contributed by atoms with Gasteiger partial charge in [0.15, 0.2) is 11.0 Å². The first kappa shape index (κ1) is 13.9. The van der Waals surface area contributed by atoms with E-state index in [-0.39, 0.29) is 11.0 Å². The second-order valence-corrected chi connectivity index (χ2v) is 4.61. The molecule has 0 saturated carbocycles. The maximum atomic E-state index is 11.6. The zero-order valence-electron chi connectivity index (χ0n) is 9.10. The van der Waals surface area contributed by atoms with Gasteiger partial charge >= 0.3 is 5.97 Å². The van der Waals surface area contributed by atoms with Crippen molar-refractivity contribution in [3.8, 4) is 0 Å². The number of carboxylic acids is 1. The molecule has 1 rings (SSSR count). The molecule has 0 aliphatic heterocycles. The smallest absolute Gasteiger partial charge is 0.326 e. The van der Waals surface area contributed by atoms with Gasteiger partial charge in [-0.2, -0.15) is 11.8 Å². The quantitative estimate of drug-likeness (QED) is 0.830. The molecule has 1 aromatic rings. The molecule has 1 aromatic heterocycles. The van der Waals surface area contributed by atoms with Gasteiger partial charge in [0.05, 0.1) is 0 Å². The van der Waals surface area contributed by atoms with Gasteiger partial charge in [-0.1, -0.05) is 0 Å². The Bertz CT molecular complexity index is 407. The van der Waals surface area contributed by atoms with Crippen LogP contribution in [0.4, 0.5) is 0 Å². The minimum Gasteiger partial charge on any atom is -0.480 e. The maximum Gasteiger partial charge on any atom is 0.326 e. The van der Waals surface area contributed by atoms with Crippen LogP contribution in [0.1, 0.15) is 17.0 Å². The number of nitrogens with one attached hydrogen (secondary N) is 1. The van der Waals surface area contributed by atoms with E-state index in [4.69, 9.17) is 21.1 Å². The van der Waals surface area contributed by atoms with Crippen LogP contribution in [0, 0.1) is 0 Å². The van der Waals surface area contributed by atoms with E-state index in [1.165, 1.54) is 23.9 Å². The standard InChI is InChI=1S/C10H12ClNO4S/c1-17-5-4-6(10(14)15)12-9(13)7-2-3-8(11)16-7/h2-3,6H,4-5H2,1H3,(H,12,13)(H,14,15)/t6-/m0/s1. The highest BCUT2D eigenvalue weighted by Crippen LogP contribution is 2.13. The van der Waals surface area contributed by atoms with E-state index < -0.39 is 17.9 Å². The molecular weight excluding hydrogens is 266 g/mol. The monoisotopic (exact) mass is 277 g/mol. The number of carboxylic acid groups (broad SMARTS) is 1. The first-order valence-electron chi connectivity index (χ1n) is 4.82. The van der Waals surface area contributed by atoms with Gasteiger partial charge in [0, 0.05) is 0 Å². The van der Waals surface area contributed by atoms with E-state index in [2.05, 4.69) is 5.32 Å². The Balaban J connectivity index is 2.60. The zero-order chi connectivity index (χ0) is 12.8. The molecule has 5 nitrogen and oxygen atoms in total. The molecule has 0 radical (unpaired) electrons. The molecule has 0 bridgehead atoms. The zero-order valence-corrected chi connectivity index (χ0v) is 10.7. The molecule has 1 atom stereocenters. The Labute approximate surface area is 108 Å². The van der Waals surface area contributed by atoms with E-state index >= 15 is 0 Å². The number of carbonyl (C=O) groups excluding carboxylic acids is 1. The molecule has 0 aliphatic rings. The van der Waals surface area contributed by atoms with Crippen molar-refractivity contribution in [2.24, 2.45) is 0 Å². The Morgan fingerprint density at radius 1 is 1.59 bits per heavy atom. The minimum atomic E-state index is -1.06. The van der Waals surface area contributed by atoms with Crippen molar-refractivity contribution in [3.05, 3.63) is 23.1 Å². The van der Waals surface area contributed by atoms with Crippen LogP contribution in [0.3, 0.4) is 0 Å². The van der Waals surface area contributed by atoms with Gasteiger partial charge in [0.1, 0.15) is 6.04 Å². The normalized spacial score (nSPS) is 12.1. The number of aliphatic carboxylic acids is 1. The van der Waals surface area contributed by atoms with Crippen LogP contribution >= 0.6 is 23.4 Å². The largest absolute Gasteiger partial charge is 0.480 e. The van der Waals surface area contributed by atoms with Gasteiger partial charge in [-0.15, -0.1) is 0 Å². The van der Waals surface area contributed by atoms with Crippen molar-refractivity contribution in [1.29, 1.82) is 0 Å². The van der Waals surface area contributed by atoms with Crippen molar-refractivity contribution in [1.82, 2.24) is 5.32 Å². The summed E-state index contributed by atoms with van der Waals surface area (Å²) in [5.74, 6) is -0.989. The van der Waals surface area contributed by atoms with E-state index in [0.717, 1.165) is 0 Å². The summed E-state index contributed by atoms with van der Waals surface area (Å²) in [5.41, 5.74) is 0. The van der Waals surface area contributed by atoms with Crippen molar-refractivity contribution in [2.45, 2.75) is 12.5 Å². The van der Waals surface area contributed by atoms with Crippen molar-refractivity contribution in [3.63, 3.8) is 0 Å². The first-order valence-corrected chi connectivity index (χ1v) is 6.59. The molecule has 0 unspecified atom stereocenters. The van der Waals surface area contributed by atoms with E-state index in [0.29, 0.717) is 12.2 Å². The lowest BCUT2D eigenvalue weighted by molar-refractivity contribution is -0.139. The highest BCUT2D eigenvalue weighted by atomic mass is 35.5. The van der Waals surface area contributed by atoms with Crippen LogP contribution in [-0.4, -0.2) is 35.0 Å². The van der Waals surface area contributed by atoms with Gasteiger partial charge in [0.25, 0.3) is 5.91 Å². The van der Waals surface area contributed by atoms with E-state index in [1.54, 1.807) is 0 Å². The SMILES string of the molecule is CSCC[C@H](NC(=O)c1ccc(Cl)o1)C(=O)O. The molecule has 0 aliphatic carbocycles. The minimum absolute atomic E-state index is 0.00500. The second kappa shape index (κ2) is 6.56. The lowest BCUT2D eigenvalue weighted by Crippen LogP contribution is -2.41. The van der Waals surface area contributed by atoms with Gasteiger partial charge in [0.2, 0.25) is 0 Å². The third kappa shape index (κ3) is 4.32. The summed E-state index contributed by atoms with van der Waals surface area (Å²) in [6, 6.07) is 1.90. The molecule has 1 heterocycles. The number of carbonyl (C=O) groups is 2. The summed E-state index contributed by atoms with van der Waals surface area (Å²) in [4.78, 5) is 22.5. The molecule has 7 heteroatoms. The average Bonchev–Trinajstić information content (AvgIpc) is 2.70. The summed E-state index contributed by atoms with van der Waals surface area (Å²) in [5, 5.41) is 11.4. The number of hydrogen-bond acceptors (Lipinski definition) is 4. The summed E-state index contributed by atoms with van der Waals surface area (Å²) in [6.45, 7) is 0. The van der Waals surface area contributed by atoms with Crippen LogP contribution in [0.25, 0.3) is 0 Å². The fraction of sp³-hybridized carbons (Fsp3) is 0.400. The lowest BCUT2D eigenvalue weighted by Gasteiger charge is -2.12. The third-order valence-electron chi connectivity index (χ3n) is 2.01. The van der Waals surface area contributed by atoms with Crippen LogP contribution in [-0.2, 0) is 4.79 Å². The molecule has 0 aromatic carbocycles. The molecule has 0 spiro atoms. The predicted molar refractivity (Wildman–Crippen MR) is 65.6 cm³/mol. The molecule has 17 heavy (non-hydrogen) atoms. The van der Waals surface area contributed by atoms with Gasteiger partial charge in [-0.3, -0.25) is 4.79 Å². The number of amides is 1. The summed E-state index contributed by atoms with van der Waals surface area (Å²) >= 11 is 7.04. The molecule has 1 amide bonds. The maximum absolute atomic E-state index is 11.6. The molecular formula is C10H12ClNO4S. The number of hydrogen-bond donors (Lipinski definition) is 2. The fourth-order valence-corrected chi connectivity index (χ4v) is 1.78. The lowest BCUT2D eigenvalue weighted by atomic mass is 10.2. The molecule has 2 N–H and O–H groups in total. The molecule has 0 fully saturated rings. The third-order valence-corrected chi connectivity index (χ3v) is 2.86. The Hall–Kier alpha value is -1.14. The predicted octanol–water partition coefficient (Wildman–Crippen LogP) is 1.87. The Morgan fingerprint density at radius 2 is 2.29 bits per heavy atom. The Morgan fingerprint density at radius 3 is 2.76 bits per heavy atom. The van der Waals surface area contributed by atoms with Crippen LogP contribution < -0.4 is 5.32 Å². The number of furan rings is 1. The van der Waals surface area contributed by atoms with Crippen LogP contribution in [0.5, 0.6) is 0 Å². The second-order valence-electron chi connectivity index (χ2n) is 3.25. The van der Waals surface area contributed by atoms with Crippen molar-refractivity contribution >= 4 is 35.2 Å². The molecule has 0 saturated heterocycles. The molecule has 94 valence electrons. The van der Waals surface area contributed by atoms with Gasteiger partial charge in [-0.05, 0) is 42.2 Å². The summed E-state index contributed by atoms with van der Waals surface area (Å²) in [6.07, 6.45) is 2.23. The Kier molecular flexibility index (Phi) is 5.37. The van der Waals surface area contributed by atoms with Gasteiger partial charge < -0.3 is 14.8 Å². The van der Waals surface area contributed by atoms with Crippen molar-refractivity contribution in [2.75, 3.05) is 12.0 Å². The summed E-state index contributed by atoms with van der Waals surface area (Å²) in [7, 11) is 0. The highest BCUT2D eigenvalue weighted by Gasteiger charge is 2.21. The van der Waals surface area contributed by atoms with E-state index in [1.807, 2.05) is 6.26 Å². The topological polar surface area (TPSA) is 79.5 Å². The number of halogens is 1. The first-order chi connectivity index (χ1) is 8.04. The summed E-state index contributed by atoms with van der Waals surface area (Å²) < 4.78 is 4.89. The van der Waals surface area contributed by atoms with Crippen molar-refractivity contribution < 1.29 is 19.1 Å². The van der Waals surface area contributed by atoms with Gasteiger partial charge in [-0.25, -0.2) is 4.79 Å². The van der Waals surface area contributed by atoms with Crippen LogP contribution in [0.2, 0.25) is 5.22 Å².